The lowest BCUT2D eigenvalue weighted by molar-refractivity contribution is 0.462. The van der Waals surface area contributed by atoms with Gasteiger partial charge in [-0.1, -0.05) is 13.0 Å². The van der Waals surface area contributed by atoms with E-state index >= 15 is 0 Å². The molecule has 1 aromatic heterocycles. The van der Waals surface area contributed by atoms with Crippen LogP contribution in [-0.4, -0.2) is 23.1 Å². The molecule has 3 heteroatoms. The molecule has 1 aromatic rings. The van der Waals surface area contributed by atoms with Gasteiger partial charge in [0.2, 0.25) is 0 Å². The van der Waals surface area contributed by atoms with Crippen LogP contribution in [0.4, 0.5) is 0 Å². The molecule has 84 valence electrons. The molecule has 0 spiro atoms. The van der Waals surface area contributed by atoms with E-state index in [2.05, 4.69) is 48.4 Å². The van der Waals surface area contributed by atoms with Crippen molar-refractivity contribution in [1.82, 2.24) is 5.32 Å². The lowest BCUT2D eigenvalue weighted by Gasteiger charge is -2.18. The zero-order valence-electron chi connectivity index (χ0n) is 9.40. The zero-order chi connectivity index (χ0) is 10.7. The van der Waals surface area contributed by atoms with Gasteiger partial charge in [0, 0.05) is 28.0 Å². The van der Waals surface area contributed by atoms with Crippen molar-refractivity contribution in [2.45, 2.75) is 44.0 Å². The molecule has 3 atom stereocenters. The second kappa shape index (κ2) is 5.37. The minimum atomic E-state index is 0.611. The van der Waals surface area contributed by atoms with Crippen LogP contribution < -0.4 is 5.32 Å². The summed E-state index contributed by atoms with van der Waals surface area (Å²) in [4.78, 5) is 1.49. The molecule has 0 bridgehead atoms. The summed E-state index contributed by atoms with van der Waals surface area (Å²) in [6.07, 6.45) is 2.51. The Hall–Kier alpha value is 0.01000. The second-order valence-corrected chi connectivity index (χ2v) is 6.93. The quantitative estimate of drug-likeness (QED) is 0.869. The molecule has 0 radical (unpaired) electrons. The largest absolute Gasteiger partial charge is 0.310 e. The van der Waals surface area contributed by atoms with Gasteiger partial charge in [-0.05, 0) is 31.2 Å². The van der Waals surface area contributed by atoms with Gasteiger partial charge in [-0.2, -0.15) is 11.8 Å². The van der Waals surface area contributed by atoms with Crippen molar-refractivity contribution in [3.63, 3.8) is 0 Å². The Labute approximate surface area is 101 Å². The molecule has 1 fully saturated rings. The van der Waals surface area contributed by atoms with E-state index < -0.39 is 0 Å². The zero-order valence-corrected chi connectivity index (χ0v) is 11.0. The number of rotatable bonds is 4. The van der Waals surface area contributed by atoms with Gasteiger partial charge in [0.15, 0.2) is 0 Å². The van der Waals surface area contributed by atoms with Crippen molar-refractivity contribution in [2.24, 2.45) is 0 Å². The second-order valence-electron chi connectivity index (χ2n) is 4.43. The van der Waals surface area contributed by atoms with E-state index in [0.717, 1.165) is 11.3 Å². The van der Waals surface area contributed by atoms with Crippen LogP contribution in [0, 0.1) is 0 Å². The first-order valence-corrected chi connectivity index (χ1v) is 7.57. The molecule has 3 unspecified atom stereocenters. The lowest BCUT2D eigenvalue weighted by Crippen LogP contribution is -2.37. The van der Waals surface area contributed by atoms with E-state index in [1.807, 2.05) is 11.3 Å². The van der Waals surface area contributed by atoms with E-state index in [1.165, 1.54) is 23.5 Å². The van der Waals surface area contributed by atoms with Gasteiger partial charge in [0.05, 0.1) is 0 Å². The van der Waals surface area contributed by atoms with Crippen molar-refractivity contribution >= 4 is 23.1 Å². The summed E-state index contributed by atoms with van der Waals surface area (Å²) < 4.78 is 0. The fraction of sp³-hybridized carbons (Fsp3) is 0.667. The molecule has 1 nitrogen and oxygen atoms in total. The maximum absolute atomic E-state index is 3.73. The lowest BCUT2D eigenvalue weighted by atomic mass is 10.1. The van der Waals surface area contributed by atoms with Crippen molar-refractivity contribution in [1.29, 1.82) is 0 Å². The summed E-state index contributed by atoms with van der Waals surface area (Å²) in [6, 6.07) is 5.72. The Balaban J connectivity index is 1.75. The minimum absolute atomic E-state index is 0.611. The number of nitrogens with one attached hydrogen (secondary N) is 1. The van der Waals surface area contributed by atoms with Crippen LogP contribution >= 0.6 is 23.1 Å². The van der Waals surface area contributed by atoms with E-state index in [0.29, 0.717) is 6.04 Å². The van der Waals surface area contributed by atoms with Gasteiger partial charge in [-0.3, -0.25) is 0 Å². The smallest absolute Gasteiger partial charge is 0.0171 e. The van der Waals surface area contributed by atoms with Gasteiger partial charge in [0.25, 0.3) is 0 Å². The van der Waals surface area contributed by atoms with Gasteiger partial charge in [-0.25, -0.2) is 0 Å². The van der Waals surface area contributed by atoms with Gasteiger partial charge in [-0.15, -0.1) is 11.3 Å². The summed E-state index contributed by atoms with van der Waals surface area (Å²) in [5.41, 5.74) is 0. The van der Waals surface area contributed by atoms with Crippen LogP contribution in [0.25, 0.3) is 0 Å². The van der Waals surface area contributed by atoms with Gasteiger partial charge >= 0.3 is 0 Å². The minimum Gasteiger partial charge on any atom is -0.310 e. The Morgan fingerprint density at radius 1 is 1.60 bits per heavy atom. The maximum Gasteiger partial charge on any atom is 0.0171 e. The molecule has 0 amide bonds. The molecule has 0 aromatic carbocycles. The molecule has 2 rings (SSSR count). The van der Waals surface area contributed by atoms with Crippen LogP contribution in [0.15, 0.2) is 17.5 Å². The molecule has 0 aliphatic carbocycles. The SMILES string of the molecule is CC(Cc1cccs1)NC1CSC(C)C1. The summed E-state index contributed by atoms with van der Waals surface area (Å²) in [5, 5.41) is 6.74. The topological polar surface area (TPSA) is 12.0 Å². The molecule has 0 saturated carbocycles. The molecule has 1 aliphatic heterocycles. The maximum atomic E-state index is 3.73. The third-order valence-electron chi connectivity index (χ3n) is 2.81. The van der Waals surface area contributed by atoms with Crippen LogP contribution in [0.3, 0.4) is 0 Å². The van der Waals surface area contributed by atoms with Crippen LogP contribution in [0.5, 0.6) is 0 Å². The predicted octanol–water partition coefficient (Wildman–Crippen LogP) is 3.16. The highest BCUT2D eigenvalue weighted by Crippen LogP contribution is 2.26. The molecule has 15 heavy (non-hydrogen) atoms. The first-order chi connectivity index (χ1) is 7.24. The summed E-state index contributed by atoms with van der Waals surface area (Å²) >= 11 is 3.96. The Morgan fingerprint density at radius 3 is 3.07 bits per heavy atom. The monoisotopic (exact) mass is 241 g/mol. The fourth-order valence-corrected chi connectivity index (χ4v) is 4.12. The predicted molar refractivity (Wildman–Crippen MR) is 70.9 cm³/mol. The molecular formula is C12H19NS2. The van der Waals surface area contributed by atoms with E-state index in [9.17, 15) is 0 Å². The molecule has 2 heterocycles. The van der Waals surface area contributed by atoms with E-state index in [-0.39, 0.29) is 0 Å². The average Bonchev–Trinajstić information content (AvgIpc) is 2.77. The highest BCUT2D eigenvalue weighted by atomic mass is 32.2. The highest BCUT2D eigenvalue weighted by molar-refractivity contribution is 8.00. The number of hydrogen-bond donors (Lipinski definition) is 1. The molecule has 1 aliphatic rings. The number of thioether (sulfide) groups is 1. The van der Waals surface area contributed by atoms with Crippen LogP contribution in [0.2, 0.25) is 0 Å². The van der Waals surface area contributed by atoms with E-state index in [1.54, 1.807) is 0 Å². The molecule has 1 saturated heterocycles. The Morgan fingerprint density at radius 2 is 2.47 bits per heavy atom. The van der Waals surface area contributed by atoms with Crippen molar-refractivity contribution < 1.29 is 0 Å². The molecule has 1 N–H and O–H groups in total. The third-order valence-corrected chi connectivity index (χ3v) is 5.06. The number of hydrogen-bond acceptors (Lipinski definition) is 3. The number of thiophene rings is 1. The van der Waals surface area contributed by atoms with Crippen molar-refractivity contribution in [3.05, 3.63) is 22.4 Å². The third kappa shape index (κ3) is 3.51. The van der Waals surface area contributed by atoms with Crippen LogP contribution in [-0.2, 0) is 6.42 Å². The normalized spacial score (nSPS) is 28.1. The Bertz CT molecular complexity index is 284. The highest BCUT2D eigenvalue weighted by Gasteiger charge is 2.22. The molecular weight excluding hydrogens is 222 g/mol. The standard InChI is InChI=1S/C12H19NS2/c1-9(6-12-4-3-5-14-12)13-11-7-10(2)15-8-11/h3-5,9-11,13H,6-8H2,1-2H3. The van der Waals surface area contributed by atoms with E-state index in [4.69, 9.17) is 0 Å². The summed E-state index contributed by atoms with van der Waals surface area (Å²) in [7, 11) is 0. The Kier molecular flexibility index (Phi) is 4.12. The van der Waals surface area contributed by atoms with Gasteiger partial charge < -0.3 is 5.32 Å². The first kappa shape index (κ1) is 11.5. The average molecular weight is 241 g/mol. The van der Waals surface area contributed by atoms with Gasteiger partial charge in [0.1, 0.15) is 0 Å². The summed E-state index contributed by atoms with van der Waals surface area (Å²) in [6.45, 7) is 4.63. The first-order valence-electron chi connectivity index (χ1n) is 5.64. The van der Waals surface area contributed by atoms with Crippen molar-refractivity contribution in [3.8, 4) is 0 Å². The summed E-state index contributed by atoms with van der Waals surface area (Å²) in [5.74, 6) is 1.29. The van der Waals surface area contributed by atoms with Crippen LogP contribution in [0.1, 0.15) is 25.1 Å². The fourth-order valence-electron chi connectivity index (χ4n) is 2.13. The van der Waals surface area contributed by atoms with Crippen molar-refractivity contribution in [2.75, 3.05) is 5.75 Å².